The molecule has 1 atom stereocenters. The van der Waals surface area contributed by atoms with E-state index in [-0.39, 0.29) is 11.8 Å². The maximum absolute atomic E-state index is 12.4. The van der Waals surface area contributed by atoms with Gasteiger partial charge in [-0.05, 0) is 49.5 Å². The third kappa shape index (κ3) is 3.08. The summed E-state index contributed by atoms with van der Waals surface area (Å²) in [5.41, 5.74) is 8.59. The fourth-order valence-corrected chi connectivity index (χ4v) is 3.40. The van der Waals surface area contributed by atoms with Gasteiger partial charge < -0.3 is 15.2 Å². The zero-order valence-corrected chi connectivity index (χ0v) is 13.9. The topological polar surface area (TPSA) is 61.5 Å². The lowest BCUT2D eigenvalue weighted by Crippen LogP contribution is -2.28. The van der Waals surface area contributed by atoms with Crippen molar-refractivity contribution in [2.45, 2.75) is 38.5 Å². The van der Waals surface area contributed by atoms with Crippen molar-refractivity contribution >= 4 is 17.6 Å². The SMILES string of the molecule is CCOC(=O)C1=C(N)OC2=C(CCCC2)C1c1ccc(Cl)cc1. The number of hydrogen-bond acceptors (Lipinski definition) is 4. The van der Waals surface area contributed by atoms with Gasteiger partial charge >= 0.3 is 5.97 Å². The van der Waals surface area contributed by atoms with Gasteiger partial charge in [0.15, 0.2) is 0 Å². The number of rotatable bonds is 3. The molecule has 0 radical (unpaired) electrons. The zero-order valence-electron chi connectivity index (χ0n) is 13.1. The number of carbonyl (C=O) groups excluding carboxylic acids is 1. The van der Waals surface area contributed by atoms with Crippen LogP contribution in [-0.4, -0.2) is 12.6 Å². The van der Waals surface area contributed by atoms with E-state index < -0.39 is 5.97 Å². The highest BCUT2D eigenvalue weighted by atomic mass is 35.5. The molecule has 1 aliphatic heterocycles. The normalized spacial score (nSPS) is 20.9. The predicted octanol–water partition coefficient (Wildman–Crippen LogP) is 4.02. The van der Waals surface area contributed by atoms with E-state index in [1.807, 2.05) is 24.3 Å². The summed E-state index contributed by atoms with van der Waals surface area (Å²) in [6, 6.07) is 7.52. The van der Waals surface area contributed by atoms with Crippen molar-refractivity contribution in [3.05, 3.63) is 57.6 Å². The number of carbonyl (C=O) groups is 1. The second kappa shape index (κ2) is 6.67. The van der Waals surface area contributed by atoms with Crippen LogP contribution in [0.5, 0.6) is 0 Å². The fraction of sp³-hybridized carbons (Fsp3) is 0.389. The summed E-state index contributed by atoms with van der Waals surface area (Å²) in [6.07, 6.45) is 3.92. The second-order valence-corrected chi connectivity index (χ2v) is 6.18. The minimum Gasteiger partial charge on any atom is -0.462 e. The molecule has 4 nitrogen and oxygen atoms in total. The van der Waals surface area contributed by atoms with Crippen LogP contribution in [0.3, 0.4) is 0 Å². The third-order valence-corrected chi connectivity index (χ3v) is 4.54. The largest absolute Gasteiger partial charge is 0.462 e. The van der Waals surface area contributed by atoms with Crippen LogP contribution < -0.4 is 5.73 Å². The summed E-state index contributed by atoms with van der Waals surface area (Å²) < 4.78 is 11.0. The molecular formula is C18H20ClNO3. The van der Waals surface area contributed by atoms with Gasteiger partial charge in [0.2, 0.25) is 5.88 Å². The summed E-state index contributed by atoms with van der Waals surface area (Å²) in [6.45, 7) is 2.08. The number of halogens is 1. The molecule has 122 valence electrons. The van der Waals surface area contributed by atoms with Gasteiger partial charge in [-0.15, -0.1) is 0 Å². The highest BCUT2D eigenvalue weighted by Gasteiger charge is 2.37. The molecule has 23 heavy (non-hydrogen) atoms. The van der Waals surface area contributed by atoms with Crippen molar-refractivity contribution in [2.75, 3.05) is 6.61 Å². The van der Waals surface area contributed by atoms with Crippen molar-refractivity contribution in [1.82, 2.24) is 0 Å². The van der Waals surface area contributed by atoms with Crippen LogP contribution in [0.15, 0.2) is 47.1 Å². The molecular weight excluding hydrogens is 314 g/mol. The number of esters is 1. The fourth-order valence-electron chi connectivity index (χ4n) is 3.28. The number of nitrogens with two attached hydrogens (primary N) is 1. The van der Waals surface area contributed by atoms with E-state index in [9.17, 15) is 4.79 Å². The van der Waals surface area contributed by atoms with Gasteiger partial charge in [-0.1, -0.05) is 23.7 Å². The molecule has 2 aliphatic rings. The Bertz CT molecular complexity index is 676. The molecule has 0 spiro atoms. The highest BCUT2D eigenvalue weighted by molar-refractivity contribution is 6.30. The van der Waals surface area contributed by atoms with E-state index in [1.165, 1.54) is 0 Å². The Balaban J connectivity index is 2.09. The van der Waals surface area contributed by atoms with Crippen LogP contribution in [0.2, 0.25) is 5.02 Å². The van der Waals surface area contributed by atoms with E-state index in [0.29, 0.717) is 17.2 Å². The Morgan fingerprint density at radius 3 is 2.70 bits per heavy atom. The van der Waals surface area contributed by atoms with Crippen LogP contribution in [-0.2, 0) is 14.3 Å². The molecule has 3 rings (SSSR count). The molecule has 0 amide bonds. The number of ether oxygens (including phenoxy) is 2. The van der Waals surface area contributed by atoms with Crippen molar-refractivity contribution in [1.29, 1.82) is 0 Å². The molecule has 1 aromatic carbocycles. The lowest BCUT2D eigenvalue weighted by Gasteiger charge is -2.33. The molecule has 1 heterocycles. The first-order valence-electron chi connectivity index (χ1n) is 7.93. The third-order valence-electron chi connectivity index (χ3n) is 4.29. The minimum absolute atomic E-state index is 0.157. The standard InChI is InChI=1S/C18H20ClNO3/c1-2-22-18(21)16-15(11-7-9-12(19)10-8-11)13-5-3-4-6-14(13)23-17(16)20/h7-10,15H,2-6,20H2,1H3. The second-order valence-electron chi connectivity index (χ2n) is 5.74. The molecule has 0 aromatic heterocycles. The summed E-state index contributed by atoms with van der Waals surface area (Å²) >= 11 is 6.00. The summed E-state index contributed by atoms with van der Waals surface area (Å²) in [7, 11) is 0. The lowest BCUT2D eigenvalue weighted by atomic mass is 9.78. The molecule has 1 unspecified atom stereocenters. The Kier molecular flexibility index (Phi) is 4.62. The quantitative estimate of drug-likeness (QED) is 0.849. The number of benzene rings is 1. The van der Waals surface area contributed by atoms with Crippen LogP contribution in [0.25, 0.3) is 0 Å². The zero-order chi connectivity index (χ0) is 16.4. The van der Waals surface area contributed by atoms with Gasteiger partial charge in [0.1, 0.15) is 11.3 Å². The van der Waals surface area contributed by atoms with Crippen molar-refractivity contribution in [2.24, 2.45) is 5.73 Å². The predicted molar refractivity (Wildman–Crippen MR) is 88.6 cm³/mol. The molecule has 5 heteroatoms. The van der Waals surface area contributed by atoms with Crippen LogP contribution >= 0.6 is 11.6 Å². The molecule has 0 saturated heterocycles. The van der Waals surface area contributed by atoms with Gasteiger partial charge in [0, 0.05) is 17.4 Å². The maximum atomic E-state index is 12.4. The first kappa shape index (κ1) is 15.9. The van der Waals surface area contributed by atoms with E-state index in [1.54, 1.807) is 6.92 Å². The lowest BCUT2D eigenvalue weighted by molar-refractivity contribution is -0.139. The number of hydrogen-bond donors (Lipinski definition) is 1. The Morgan fingerprint density at radius 2 is 2.00 bits per heavy atom. The summed E-state index contributed by atoms with van der Waals surface area (Å²) in [5.74, 6) is 0.434. The molecule has 1 aromatic rings. The summed E-state index contributed by atoms with van der Waals surface area (Å²) in [5, 5.41) is 0.660. The molecule has 0 fully saturated rings. The van der Waals surface area contributed by atoms with Crippen LogP contribution in [0.4, 0.5) is 0 Å². The van der Waals surface area contributed by atoms with E-state index in [4.69, 9.17) is 26.8 Å². The smallest absolute Gasteiger partial charge is 0.340 e. The van der Waals surface area contributed by atoms with E-state index in [0.717, 1.165) is 42.6 Å². The van der Waals surface area contributed by atoms with Crippen molar-refractivity contribution < 1.29 is 14.3 Å². The van der Waals surface area contributed by atoms with Gasteiger partial charge in [0.05, 0.1) is 6.61 Å². The van der Waals surface area contributed by atoms with Crippen LogP contribution in [0.1, 0.15) is 44.1 Å². The first-order chi connectivity index (χ1) is 11.1. The van der Waals surface area contributed by atoms with Gasteiger partial charge in [0.25, 0.3) is 0 Å². The van der Waals surface area contributed by atoms with Crippen molar-refractivity contribution in [3.63, 3.8) is 0 Å². The Hall–Kier alpha value is -1.94. The Labute approximate surface area is 140 Å². The van der Waals surface area contributed by atoms with Gasteiger partial charge in [-0.3, -0.25) is 0 Å². The van der Waals surface area contributed by atoms with Gasteiger partial charge in [-0.2, -0.15) is 0 Å². The summed E-state index contributed by atoms with van der Waals surface area (Å²) in [4.78, 5) is 12.4. The average molecular weight is 334 g/mol. The van der Waals surface area contributed by atoms with Crippen LogP contribution in [0, 0.1) is 0 Å². The monoisotopic (exact) mass is 333 g/mol. The average Bonchev–Trinajstić information content (AvgIpc) is 2.54. The van der Waals surface area contributed by atoms with Gasteiger partial charge in [-0.25, -0.2) is 4.79 Å². The first-order valence-corrected chi connectivity index (χ1v) is 8.31. The molecule has 0 bridgehead atoms. The number of allylic oxidation sites excluding steroid dienone is 2. The molecule has 2 N–H and O–H groups in total. The molecule has 1 aliphatic carbocycles. The highest BCUT2D eigenvalue weighted by Crippen LogP contribution is 2.45. The van der Waals surface area contributed by atoms with Crippen molar-refractivity contribution in [3.8, 4) is 0 Å². The Morgan fingerprint density at radius 1 is 1.30 bits per heavy atom. The maximum Gasteiger partial charge on any atom is 0.340 e. The minimum atomic E-state index is -0.415. The van der Waals surface area contributed by atoms with E-state index >= 15 is 0 Å². The molecule has 0 saturated carbocycles. The van der Waals surface area contributed by atoms with E-state index in [2.05, 4.69) is 0 Å².